The molecule has 0 radical (unpaired) electrons. The Bertz CT molecular complexity index is 1190. The SMILES string of the molecule is COC(=O)c1cccc(Cn2cc(-c3cc(Cl)cc(N4CCCC4)c3)c(C(F)(F)F)n2)c1F. The van der Waals surface area contributed by atoms with Crippen LogP contribution in [0.1, 0.15) is 34.5 Å². The molecule has 1 aliphatic rings. The Labute approximate surface area is 192 Å². The predicted octanol–water partition coefficient (Wildman–Crippen LogP) is 5.80. The summed E-state index contributed by atoms with van der Waals surface area (Å²) in [6.07, 6.45) is -1.51. The van der Waals surface area contributed by atoms with Crippen molar-refractivity contribution in [2.75, 3.05) is 25.1 Å². The van der Waals surface area contributed by atoms with Crippen molar-refractivity contribution in [3.63, 3.8) is 0 Å². The van der Waals surface area contributed by atoms with Crippen LogP contribution in [-0.2, 0) is 17.5 Å². The number of carbonyl (C=O) groups excluding carboxylic acids is 1. The van der Waals surface area contributed by atoms with Crippen LogP contribution in [0.2, 0.25) is 5.02 Å². The number of esters is 1. The molecule has 1 aliphatic heterocycles. The summed E-state index contributed by atoms with van der Waals surface area (Å²) >= 11 is 6.23. The van der Waals surface area contributed by atoms with Crippen molar-refractivity contribution >= 4 is 23.3 Å². The van der Waals surface area contributed by atoms with Gasteiger partial charge in [0.2, 0.25) is 0 Å². The van der Waals surface area contributed by atoms with Crippen LogP contribution in [0, 0.1) is 5.82 Å². The van der Waals surface area contributed by atoms with E-state index in [4.69, 9.17) is 11.6 Å². The fourth-order valence-corrected chi connectivity index (χ4v) is 4.18. The van der Waals surface area contributed by atoms with Gasteiger partial charge in [-0.3, -0.25) is 4.68 Å². The van der Waals surface area contributed by atoms with Crippen molar-refractivity contribution in [3.05, 3.63) is 70.3 Å². The second kappa shape index (κ2) is 9.05. The minimum Gasteiger partial charge on any atom is -0.465 e. The topological polar surface area (TPSA) is 47.4 Å². The average Bonchev–Trinajstić information content (AvgIpc) is 3.44. The maximum Gasteiger partial charge on any atom is 0.435 e. The summed E-state index contributed by atoms with van der Waals surface area (Å²) in [7, 11) is 1.12. The second-order valence-electron chi connectivity index (χ2n) is 7.75. The highest BCUT2D eigenvalue weighted by Crippen LogP contribution is 2.39. The molecule has 1 fully saturated rings. The molecule has 5 nitrogen and oxygen atoms in total. The van der Waals surface area contributed by atoms with Crippen LogP contribution in [0.3, 0.4) is 0 Å². The van der Waals surface area contributed by atoms with E-state index in [1.165, 1.54) is 30.5 Å². The number of ether oxygens (including phenoxy) is 1. The predicted molar refractivity (Wildman–Crippen MR) is 116 cm³/mol. The normalized spacial score (nSPS) is 14.1. The third-order valence-electron chi connectivity index (χ3n) is 5.51. The van der Waals surface area contributed by atoms with Crippen LogP contribution in [0.5, 0.6) is 0 Å². The highest BCUT2D eigenvalue weighted by Gasteiger charge is 2.38. The zero-order valence-electron chi connectivity index (χ0n) is 17.6. The number of anilines is 1. The zero-order valence-corrected chi connectivity index (χ0v) is 18.4. The Hall–Kier alpha value is -3.07. The summed E-state index contributed by atoms with van der Waals surface area (Å²) in [6, 6.07) is 8.89. The molecule has 1 aromatic heterocycles. The van der Waals surface area contributed by atoms with Gasteiger partial charge < -0.3 is 9.64 Å². The molecule has 0 aliphatic carbocycles. The average molecular weight is 482 g/mol. The van der Waals surface area contributed by atoms with Gasteiger partial charge in [0, 0.05) is 41.1 Å². The lowest BCUT2D eigenvalue weighted by molar-refractivity contribution is -0.141. The van der Waals surface area contributed by atoms with Gasteiger partial charge in [0.15, 0.2) is 5.69 Å². The summed E-state index contributed by atoms with van der Waals surface area (Å²) in [5.74, 6) is -1.74. The van der Waals surface area contributed by atoms with E-state index in [1.807, 2.05) is 0 Å². The van der Waals surface area contributed by atoms with E-state index in [9.17, 15) is 22.4 Å². The first kappa shape index (κ1) is 23.1. The Morgan fingerprint density at radius 1 is 1.18 bits per heavy atom. The molecule has 0 N–H and O–H groups in total. The van der Waals surface area contributed by atoms with Gasteiger partial charge >= 0.3 is 12.1 Å². The van der Waals surface area contributed by atoms with Gasteiger partial charge in [-0.05, 0) is 42.7 Å². The highest BCUT2D eigenvalue weighted by molar-refractivity contribution is 6.31. The van der Waals surface area contributed by atoms with Gasteiger partial charge in [-0.15, -0.1) is 0 Å². The third kappa shape index (κ3) is 4.83. The maximum absolute atomic E-state index is 14.8. The molecule has 2 aromatic carbocycles. The summed E-state index contributed by atoms with van der Waals surface area (Å²) in [5, 5.41) is 4.01. The van der Waals surface area contributed by atoms with Gasteiger partial charge in [-0.2, -0.15) is 18.3 Å². The number of benzene rings is 2. The number of rotatable bonds is 5. The first-order valence-corrected chi connectivity index (χ1v) is 10.6. The molecule has 10 heteroatoms. The van der Waals surface area contributed by atoms with Crippen molar-refractivity contribution in [2.24, 2.45) is 0 Å². The number of carbonyl (C=O) groups is 1. The minimum absolute atomic E-state index is 0.00419. The molecule has 0 unspecified atom stereocenters. The highest BCUT2D eigenvalue weighted by atomic mass is 35.5. The Balaban J connectivity index is 1.75. The number of halogens is 5. The molecule has 1 saturated heterocycles. The molecule has 174 valence electrons. The minimum atomic E-state index is -4.73. The summed E-state index contributed by atoms with van der Waals surface area (Å²) in [6.45, 7) is 1.31. The van der Waals surface area contributed by atoms with Crippen molar-refractivity contribution in [3.8, 4) is 11.1 Å². The van der Waals surface area contributed by atoms with Crippen LogP contribution in [0.4, 0.5) is 23.2 Å². The molecule has 0 amide bonds. The Morgan fingerprint density at radius 3 is 2.58 bits per heavy atom. The van der Waals surface area contributed by atoms with Gasteiger partial charge in [0.25, 0.3) is 0 Å². The number of hydrogen-bond donors (Lipinski definition) is 0. The van der Waals surface area contributed by atoms with E-state index < -0.39 is 23.7 Å². The van der Waals surface area contributed by atoms with E-state index in [0.29, 0.717) is 5.02 Å². The molecule has 2 heterocycles. The molecular formula is C23H20ClF4N3O2. The van der Waals surface area contributed by atoms with Crippen LogP contribution < -0.4 is 4.90 Å². The van der Waals surface area contributed by atoms with Gasteiger partial charge in [0.05, 0.1) is 19.2 Å². The van der Waals surface area contributed by atoms with Crippen molar-refractivity contribution in [1.29, 1.82) is 0 Å². The van der Waals surface area contributed by atoms with Gasteiger partial charge in [-0.1, -0.05) is 23.7 Å². The van der Waals surface area contributed by atoms with Crippen LogP contribution >= 0.6 is 11.6 Å². The molecule has 0 saturated carbocycles. The van der Waals surface area contributed by atoms with Crippen molar-refractivity contribution < 1.29 is 27.1 Å². The quantitative estimate of drug-likeness (QED) is 0.341. The smallest absolute Gasteiger partial charge is 0.435 e. The largest absolute Gasteiger partial charge is 0.465 e. The lowest BCUT2D eigenvalue weighted by atomic mass is 10.0. The fourth-order valence-electron chi connectivity index (χ4n) is 3.95. The van der Waals surface area contributed by atoms with Crippen LogP contribution in [0.25, 0.3) is 11.1 Å². The zero-order chi connectivity index (χ0) is 23.8. The summed E-state index contributed by atoms with van der Waals surface area (Å²) < 4.78 is 61.8. The van der Waals surface area contributed by atoms with Crippen molar-refractivity contribution in [1.82, 2.24) is 9.78 Å². The second-order valence-corrected chi connectivity index (χ2v) is 8.19. The number of alkyl halides is 3. The van der Waals surface area contributed by atoms with Crippen LogP contribution in [0.15, 0.2) is 42.6 Å². The standard InChI is InChI=1S/C23H20ClF4N3O2/c1-33-22(32)18-6-4-5-14(20(18)25)12-31-13-19(21(29-31)23(26,27)28)15-9-16(24)11-17(10-15)30-7-2-3-8-30/h4-6,9-11,13H,2-3,7-8,12H2,1H3. The van der Waals surface area contributed by atoms with Gasteiger partial charge in [-0.25, -0.2) is 9.18 Å². The molecule has 0 spiro atoms. The van der Waals surface area contributed by atoms with E-state index in [1.54, 1.807) is 12.1 Å². The van der Waals surface area contributed by atoms with E-state index in [2.05, 4.69) is 14.7 Å². The van der Waals surface area contributed by atoms with Crippen molar-refractivity contribution in [2.45, 2.75) is 25.6 Å². The van der Waals surface area contributed by atoms with E-state index >= 15 is 0 Å². The number of methoxy groups -OCH3 is 1. The fraction of sp³-hybridized carbons (Fsp3) is 0.304. The van der Waals surface area contributed by atoms with Crippen LogP contribution in [-0.4, -0.2) is 35.9 Å². The third-order valence-corrected chi connectivity index (χ3v) is 5.73. The Morgan fingerprint density at radius 2 is 1.91 bits per heavy atom. The molecular weight excluding hydrogens is 462 g/mol. The molecule has 0 bridgehead atoms. The number of aromatic nitrogens is 2. The van der Waals surface area contributed by atoms with E-state index in [-0.39, 0.29) is 28.8 Å². The number of hydrogen-bond acceptors (Lipinski definition) is 4. The first-order valence-electron chi connectivity index (χ1n) is 10.2. The number of nitrogens with zero attached hydrogens (tertiary/aromatic N) is 3. The lowest BCUT2D eigenvalue weighted by Crippen LogP contribution is -2.17. The van der Waals surface area contributed by atoms with E-state index in [0.717, 1.165) is 43.4 Å². The molecule has 33 heavy (non-hydrogen) atoms. The lowest BCUT2D eigenvalue weighted by Gasteiger charge is -2.19. The molecule has 0 atom stereocenters. The molecule has 3 aromatic rings. The first-order chi connectivity index (χ1) is 15.7. The monoisotopic (exact) mass is 481 g/mol. The summed E-state index contributed by atoms with van der Waals surface area (Å²) in [5.41, 5.74) is -0.538. The molecule has 4 rings (SSSR count). The maximum atomic E-state index is 14.8. The summed E-state index contributed by atoms with van der Waals surface area (Å²) in [4.78, 5) is 13.8. The van der Waals surface area contributed by atoms with Gasteiger partial charge in [0.1, 0.15) is 5.82 Å². The Kier molecular flexibility index (Phi) is 6.34.